The normalized spacial score (nSPS) is 19.9. The largest absolute Gasteiger partial charge is 0.0877 e. The molecule has 1 aliphatic rings. The summed E-state index contributed by atoms with van der Waals surface area (Å²) in [7, 11) is 0. The van der Waals surface area contributed by atoms with Crippen molar-refractivity contribution < 1.29 is 0 Å². The Morgan fingerprint density at radius 3 is 2.40 bits per heavy atom. The first-order chi connectivity index (χ1) is 4.93. The van der Waals surface area contributed by atoms with Gasteiger partial charge in [-0.15, -0.1) is 0 Å². The summed E-state index contributed by atoms with van der Waals surface area (Å²) in [4.78, 5) is 0. The molecule has 0 spiro atoms. The van der Waals surface area contributed by atoms with E-state index in [-0.39, 0.29) is 0 Å². The van der Waals surface area contributed by atoms with Crippen LogP contribution in [-0.4, -0.2) is 0 Å². The zero-order chi connectivity index (χ0) is 7.23. The molecule has 0 bridgehead atoms. The minimum Gasteiger partial charge on any atom is -0.0877 e. The molecular formula is C10H16. The van der Waals surface area contributed by atoms with Crippen molar-refractivity contribution in [2.75, 3.05) is 0 Å². The molecule has 56 valence electrons. The minimum atomic E-state index is 1.34. The third-order valence-corrected chi connectivity index (χ3v) is 2.02. The van der Waals surface area contributed by atoms with Crippen LogP contribution in [0.25, 0.3) is 0 Å². The topological polar surface area (TPSA) is 0 Å². The maximum absolute atomic E-state index is 2.28. The van der Waals surface area contributed by atoms with E-state index in [9.17, 15) is 0 Å². The lowest BCUT2D eigenvalue weighted by molar-refractivity contribution is 0.599. The van der Waals surface area contributed by atoms with E-state index in [1.807, 2.05) is 0 Å². The van der Waals surface area contributed by atoms with E-state index in [1.165, 1.54) is 32.1 Å². The summed E-state index contributed by atoms with van der Waals surface area (Å²) in [6.45, 7) is 2.07. The van der Waals surface area contributed by atoms with Gasteiger partial charge >= 0.3 is 0 Å². The van der Waals surface area contributed by atoms with E-state index < -0.39 is 0 Å². The van der Waals surface area contributed by atoms with Crippen LogP contribution >= 0.6 is 0 Å². The molecular weight excluding hydrogens is 120 g/mol. The van der Waals surface area contributed by atoms with E-state index in [0.717, 1.165) is 0 Å². The molecule has 1 rings (SSSR count). The molecule has 0 radical (unpaired) electrons. The van der Waals surface area contributed by atoms with Crippen LogP contribution in [0.3, 0.4) is 0 Å². The molecule has 0 N–H and O–H groups in total. The van der Waals surface area contributed by atoms with Gasteiger partial charge in [-0.05, 0) is 32.6 Å². The summed E-state index contributed by atoms with van der Waals surface area (Å²) < 4.78 is 0. The van der Waals surface area contributed by atoms with Gasteiger partial charge in [0.05, 0.1) is 0 Å². The Kier molecular flexibility index (Phi) is 3.28. The van der Waals surface area contributed by atoms with E-state index >= 15 is 0 Å². The van der Waals surface area contributed by atoms with Gasteiger partial charge in [-0.25, -0.2) is 0 Å². The smallest absolute Gasteiger partial charge is 0.0317 e. The van der Waals surface area contributed by atoms with Crippen molar-refractivity contribution in [3.8, 4) is 0 Å². The first-order valence-electron chi connectivity index (χ1n) is 4.24. The van der Waals surface area contributed by atoms with Crippen molar-refractivity contribution in [3.63, 3.8) is 0 Å². The van der Waals surface area contributed by atoms with E-state index in [2.05, 4.69) is 25.2 Å². The van der Waals surface area contributed by atoms with Crippen LogP contribution in [0.2, 0.25) is 0 Å². The van der Waals surface area contributed by atoms with Gasteiger partial charge in [0.1, 0.15) is 0 Å². The van der Waals surface area contributed by atoms with Gasteiger partial charge in [0.2, 0.25) is 0 Å². The number of hydrogen-bond donors (Lipinski definition) is 0. The molecule has 1 fully saturated rings. The van der Waals surface area contributed by atoms with Crippen LogP contribution in [0.15, 0.2) is 23.8 Å². The van der Waals surface area contributed by atoms with Crippen molar-refractivity contribution in [2.24, 2.45) is 0 Å². The summed E-state index contributed by atoms with van der Waals surface area (Å²) in [5, 5.41) is 0. The van der Waals surface area contributed by atoms with E-state index in [4.69, 9.17) is 0 Å². The Hall–Kier alpha value is -0.520. The molecule has 0 aromatic carbocycles. The zero-order valence-corrected chi connectivity index (χ0v) is 6.77. The molecule has 0 atom stereocenters. The zero-order valence-electron chi connectivity index (χ0n) is 6.77. The standard InChI is InChI=1S/C10H16/c1-2-3-7-10-8-5-4-6-9-10/h2-3,7H,4-6,8-9H2,1H3/b3-2-. The van der Waals surface area contributed by atoms with E-state index in [0.29, 0.717) is 0 Å². The second-order valence-corrected chi connectivity index (χ2v) is 2.91. The Morgan fingerprint density at radius 1 is 1.10 bits per heavy atom. The maximum atomic E-state index is 2.28. The summed E-state index contributed by atoms with van der Waals surface area (Å²) in [6.07, 6.45) is 13.5. The number of allylic oxidation sites excluding steroid dienone is 4. The molecule has 0 saturated heterocycles. The lowest BCUT2D eigenvalue weighted by atomic mass is 9.95. The van der Waals surface area contributed by atoms with Gasteiger partial charge in [-0.3, -0.25) is 0 Å². The Balaban J connectivity index is 2.37. The van der Waals surface area contributed by atoms with Crippen LogP contribution in [-0.2, 0) is 0 Å². The van der Waals surface area contributed by atoms with Crippen LogP contribution in [0.1, 0.15) is 39.0 Å². The lowest BCUT2D eigenvalue weighted by Crippen LogP contribution is -1.92. The fourth-order valence-electron chi connectivity index (χ4n) is 1.40. The van der Waals surface area contributed by atoms with Gasteiger partial charge in [-0.2, -0.15) is 0 Å². The second-order valence-electron chi connectivity index (χ2n) is 2.91. The molecule has 0 amide bonds. The summed E-state index contributed by atoms with van der Waals surface area (Å²) in [6, 6.07) is 0. The first-order valence-corrected chi connectivity index (χ1v) is 4.24. The summed E-state index contributed by atoms with van der Waals surface area (Å²) in [5.74, 6) is 0. The van der Waals surface area contributed by atoms with Crippen LogP contribution in [0.5, 0.6) is 0 Å². The third kappa shape index (κ3) is 2.38. The Labute approximate surface area is 63.6 Å². The van der Waals surface area contributed by atoms with Crippen LogP contribution < -0.4 is 0 Å². The van der Waals surface area contributed by atoms with E-state index in [1.54, 1.807) is 5.57 Å². The fourth-order valence-corrected chi connectivity index (χ4v) is 1.40. The molecule has 10 heavy (non-hydrogen) atoms. The van der Waals surface area contributed by atoms with Crippen LogP contribution in [0.4, 0.5) is 0 Å². The lowest BCUT2D eigenvalue weighted by Gasteiger charge is -2.11. The third-order valence-electron chi connectivity index (χ3n) is 2.02. The van der Waals surface area contributed by atoms with Gasteiger partial charge in [-0.1, -0.05) is 30.2 Å². The molecule has 1 aliphatic carbocycles. The summed E-state index contributed by atoms with van der Waals surface area (Å²) in [5.41, 5.74) is 1.64. The maximum Gasteiger partial charge on any atom is -0.0317 e. The highest BCUT2D eigenvalue weighted by atomic mass is 14.1. The highest BCUT2D eigenvalue weighted by molar-refractivity contribution is 5.13. The predicted molar refractivity (Wildman–Crippen MR) is 46.0 cm³/mol. The molecule has 1 saturated carbocycles. The van der Waals surface area contributed by atoms with Gasteiger partial charge in [0, 0.05) is 0 Å². The van der Waals surface area contributed by atoms with Gasteiger partial charge < -0.3 is 0 Å². The monoisotopic (exact) mass is 136 g/mol. The summed E-state index contributed by atoms with van der Waals surface area (Å²) >= 11 is 0. The molecule has 0 unspecified atom stereocenters. The molecule has 0 heteroatoms. The van der Waals surface area contributed by atoms with Crippen molar-refractivity contribution in [1.29, 1.82) is 0 Å². The molecule has 0 aliphatic heterocycles. The fraction of sp³-hybridized carbons (Fsp3) is 0.600. The van der Waals surface area contributed by atoms with Gasteiger partial charge in [0.15, 0.2) is 0 Å². The highest BCUT2D eigenvalue weighted by Gasteiger charge is 2.02. The average Bonchev–Trinajstić information content (AvgIpc) is 2.03. The van der Waals surface area contributed by atoms with Crippen molar-refractivity contribution in [1.82, 2.24) is 0 Å². The Bertz CT molecular complexity index is 132. The number of hydrogen-bond acceptors (Lipinski definition) is 0. The van der Waals surface area contributed by atoms with Crippen LogP contribution in [0, 0.1) is 0 Å². The first kappa shape index (κ1) is 7.59. The highest BCUT2D eigenvalue weighted by Crippen LogP contribution is 2.22. The van der Waals surface area contributed by atoms with Crippen molar-refractivity contribution >= 4 is 0 Å². The number of rotatable bonds is 1. The second kappa shape index (κ2) is 4.32. The van der Waals surface area contributed by atoms with Crippen molar-refractivity contribution in [2.45, 2.75) is 39.0 Å². The predicted octanol–water partition coefficient (Wildman–Crippen LogP) is 3.45. The quantitative estimate of drug-likeness (QED) is 0.518. The molecule has 0 heterocycles. The molecule has 0 aromatic heterocycles. The average molecular weight is 136 g/mol. The van der Waals surface area contributed by atoms with Crippen molar-refractivity contribution in [3.05, 3.63) is 23.8 Å². The molecule has 0 aromatic rings. The Morgan fingerprint density at radius 2 is 1.80 bits per heavy atom. The molecule has 0 nitrogen and oxygen atoms in total. The van der Waals surface area contributed by atoms with Gasteiger partial charge in [0.25, 0.3) is 0 Å². The minimum absolute atomic E-state index is 1.34. The SMILES string of the molecule is C/C=C\C=C1CCCCC1.